The minimum absolute atomic E-state index is 0.0202. The molecule has 0 atom stereocenters. The summed E-state index contributed by atoms with van der Waals surface area (Å²) in [5.41, 5.74) is 1.40. The first-order valence-electron chi connectivity index (χ1n) is 8.73. The molecule has 2 aliphatic rings. The summed E-state index contributed by atoms with van der Waals surface area (Å²) in [6, 6.07) is 2.54. The number of aromatic nitrogens is 2. The second-order valence-electron chi connectivity index (χ2n) is 6.73. The van der Waals surface area contributed by atoms with Crippen molar-refractivity contribution in [1.29, 1.82) is 5.26 Å². The van der Waals surface area contributed by atoms with E-state index in [-0.39, 0.29) is 12.1 Å². The Labute approximate surface area is 148 Å². The van der Waals surface area contributed by atoms with E-state index in [1.54, 1.807) is 6.20 Å². The van der Waals surface area contributed by atoms with Crippen molar-refractivity contribution in [3.8, 4) is 6.07 Å². The van der Waals surface area contributed by atoms with E-state index in [0.29, 0.717) is 38.2 Å². The Morgan fingerprint density at radius 3 is 2.60 bits per heavy atom. The lowest BCUT2D eigenvalue weighted by Crippen LogP contribution is -2.40. The van der Waals surface area contributed by atoms with E-state index in [4.69, 9.17) is 4.74 Å². The minimum atomic E-state index is -3.12. The van der Waals surface area contributed by atoms with Crippen molar-refractivity contribution in [1.82, 2.24) is 19.4 Å². The van der Waals surface area contributed by atoms with Crippen molar-refractivity contribution in [2.24, 2.45) is 0 Å². The zero-order chi connectivity index (χ0) is 17.9. The Bertz CT molecular complexity index is 725. The maximum Gasteiger partial charge on any atom is 0.211 e. The molecule has 3 heterocycles. The van der Waals surface area contributed by atoms with Crippen molar-refractivity contribution in [3.63, 3.8) is 0 Å². The fraction of sp³-hybridized carbons (Fsp3) is 0.750. The van der Waals surface area contributed by atoms with Gasteiger partial charge in [-0.15, -0.1) is 0 Å². The third-order valence-electron chi connectivity index (χ3n) is 4.98. The van der Waals surface area contributed by atoms with E-state index in [2.05, 4.69) is 16.5 Å². The summed E-state index contributed by atoms with van der Waals surface area (Å²) in [5.74, 6) is 0. The van der Waals surface area contributed by atoms with Crippen LogP contribution in [0.1, 0.15) is 43.0 Å². The molecule has 0 bridgehead atoms. The first-order chi connectivity index (χ1) is 12.0. The number of ether oxygens (including phenoxy) is 1. The lowest BCUT2D eigenvalue weighted by atomic mass is 10.1. The lowest BCUT2D eigenvalue weighted by Gasteiger charge is -2.30. The van der Waals surface area contributed by atoms with Gasteiger partial charge in [0.15, 0.2) is 0 Å². The molecule has 0 aliphatic carbocycles. The van der Waals surface area contributed by atoms with Crippen LogP contribution >= 0.6 is 0 Å². The lowest BCUT2D eigenvalue weighted by molar-refractivity contribution is 0.0101. The zero-order valence-corrected chi connectivity index (χ0v) is 15.3. The summed E-state index contributed by atoms with van der Waals surface area (Å²) in [6.45, 7) is 3.21. The van der Waals surface area contributed by atoms with Gasteiger partial charge in [0.1, 0.15) is 11.8 Å². The minimum Gasteiger partial charge on any atom is -0.373 e. The SMILES string of the molecule is CS(=O)(=O)N1CCC(OCc2cnn(C3CCNCC3)c2C#N)CC1. The van der Waals surface area contributed by atoms with E-state index in [1.165, 1.54) is 10.6 Å². The molecule has 0 amide bonds. The van der Waals surface area contributed by atoms with Gasteiger partial charge in [0, 0.05) is 18.7 Å². The molecule has 0 saturated carbocycles. The molecule has 0 radical (unpaired) electrons. The molecular formula is C16H25N5O3S. The van der Waals surface area contributed by atoms with Gasteiger partial charge in [0.2, 0.25) is 10.0 Å². The van der Waals surface area contributed by atoms with Crippen LogP contribution in [-0.2, 0) is 21.4 Å². The highest BCUT2D eigenvalue weighted by Crippen LogP contribution is 2.23. The van der Waals surface area contributed by atoms with Crippen LogP contribution in [0, 0.1) is 11.3 Å². The number of rotatable bonds is 5. The zero-order valence-electron chi connectivity index (χ0n) is 14.5. The average molecular weight is 367 g/mol. The normalized spacial score (nSPS) is 21.3. The van der Waals surface area contributed by atoms with Crippen molar-refractivity contribution in [2.75, 3.05) is 32.4 Å². The molecule has 0 unspecified atom stereocenters. The summed E-state index contributed by atoms with van der Waals surface area (Å²) in [7, 11) is -3.12. The third-order valence-corrected chi connectivity index (χ3v) is 6.28. The topological polar surface area (TPSA) is 100 Å². The molecular weight excluding hydrogens is 342 g/mol. The number of hydrogen-bond donors (Lipinski definition) is 1. The summed E-state index contributed by atoms with van der Waals surface area (Å²) in [4.78, 5) is 0. The highest BCUT2D eigenvalue weighted by atomic mass is 32.2. The Morgan fingerprint density at radius 1 is 1.32 bits per heavy atom. The Balaban J connectivity index is 1.57. The molecule has 1 aromatic rings. The van der Waals surface area contributed by atoms with Gasteiger partial charge >= 0.3 is 0 Å². The molecule has 9 heteroatoms. The van der Waals surface area contributed by atoms with Crippen molar-refractivity contribution >= 4 is 10.0 Å². The number of hydrogen-bond acceptors (Lipinski definition) is 6. The van der Waals surface area contributed by atoms with Gasteiger partial charge in [-0.3, -0.25) is 4.68 Å². The number of piperidine rings is 2. The smallest absolute Gasteiger partial charge is 0.211 e. The van der Waals surface area contributed by atoms with Crippen molar-refractivity contribution < 1.29 is 13.2 Å². The maximum absolute atomic E-state index is 11.5. The first-order valence-corrected chi connectivity index (χ1v) is 10.6. The van der Waals surface area contributed by atoms with Crippen LogP contribution in [0.15, 0.2) is 6.20 Å². The van der Waals surface area contributed by atoms with Gasteiger partial charge in [0.25, 0.3) is 0 Å². The van der Waals surface area contributed by atoms with Crippen LogP contribution < -0.4 is 5.32 Å². The van der Waals surface area contributed by atoms with Gasteiger partial charge in [-0.25, -0.2) is 12.7 Å². The Hall–Kier alpha value is -1.47. The molecule has 3 rings (SSSR count). The third kappa shape index (κ3) is 4.39. The van der Waals surface area contributed by atoms with Gasteiger partial charge in [0.05, 0.1) is 31.2 Å². The average Bonchev–Trinajstić information content (AvgIpc) is 3.03. The van der Waals surface area contributed by atoms with Crippen molar-refractivity contribution in [2.45, 2.75) is 44.4 Å². The number of nitriles is 1. The monoisotopic (exact) mass is 367 g/mol. The standard InChI is InChI=1S/C16H25N5O3S/c1-25(22,23)20-8-4-15(5-9-20)24-12-13-11-19-21(16(13)10-17)14-2-6-18-7-3-14/h11,14-15,18H,2-9,12H2,1H3. The van der Waals surface area contributed by atoms with Crippen LogP contribution in [0.25, 0.3) is 0 Å². The van der Waals surface area contributed by atoms with Crippen LogP contribution in [-0.4, -0.2) is 61.0 Å². The van der Waals surface area contributed by atoms with Crippen molar-refractivity contribution in [3.05, 3.63) is 17.5 Å². The van der Waals surface area contributed by atoms with Gasteiger partial charge < -0.3 is 10.1 Å². The summed E-state index contributed by atoms with van der Waals surface area (Å²) in [5, 5.41) is 17.3. The Morgan fingerprint density at radius 2 is 2.00 bits per heavy atom. The fourth-order valence-corrected chi connectivity index (χ4v) is 4.37. The summed E-state index contributed by atoms with van der Waals surface area (Å²) in [6.07, 6.45) is 6.29. The second kappa shape index (κ2) is 7.83. The first kappa shape index (κ1) is 18.3. The van der Waals surface area contributed by atoms with E-state index >= 15 is 0 Å². The molecule has 1 aromatic heterocycles. The molecule has 2 fully saturated rings. The highest BCUT2D eigenvalue weighted by Gasteiger charge is 2.26. The van der Waals surface area contributed by atoms with Gasteiger partial charge in [-0.2, -0.15) is 10.4 Å². The number of sulfonamides is 1. The summed E-state index contributed by atoms with van der Waals surface area (Å²) >= 11 is 0. The van der Waals surface area contributed by atoms with E-state index < -0.39 is 10.0 Å². The van der Waals surface area contributed by atoms with Crippen LogP contribution in [0.4, 0.5) is 0 Å². The molecule has 25 heavy (non-hydrogen) atoms. The van der Waals surface area contributed by atoms with E-state index in [1.807, 2.05) is 4.68 Å². The molecule has 0 spiro atoms. The molecule has 1 N–H and O–H groups in total. The predicted octanol–water partition coefficient (Wildman–Crippen LogP) is 0.620. The molecule has 8 nitrogen and oxygen atoms in total. The number of nitrogens with zero attached hydrogens (tertiary/aromatic N) is 4. The quantitative estimate of drug-likeness (QED) is 0.819. The molecule has 138 valence electrons. The maximum atomic E-state index is 11.5. The van der Waals surface area contributed by atoms with Gasteiger partial charge in [-0.05, 0) is 38.8 Å². The highest BCUT2D eigenvalue weighted by molar-refractivity contribution is 7.88. The van der Waals surface area contributed by atoms with Crippen LogP contribution in [0.2, 0.25) is 0 Å². The number of nitrogens with one attached hydrogen (secondary N) is 1. The fourth-order valence-electron chi connectivity index (χ4n) is 3.49. The van der Waals surface area contributed by atoms with Crippen LogP contribution in [0.3, 0.4) is 0 Å². The van der Waals surface area contributed by atoms with E-state index in [0.717, 1.165) is 31.5 Å². The largest absolute Gasteiger partial charge is 0.373 e. The molecule has 2 saturated heterocycles. The van der Waals surface area contributed by atoms with Crippen LogP contribution in [0.5, 0.6) is 0 Å². The Kier molecular flexibility index (Phi) is 5.74. The van der Waals surface area contributed by atoms with E-state index in [9.17, 15) is 13.7 Å². The summed E-state index contributed by atoms with van der Waals surface area (Å²) < 4.78 is 32.3. The molecule has 0 aromatic carbocycles. The van der Waals surface area contributed by atoms with Gasteiger partial charge in [-0.1, -0.05) is 0 Å². The second-order valence-corrected chi connectivity index (χ2v) is 8.71. The predicted molar refractivity (Wildman–Crippen MR) is 92.3 cm³/mol. The molecule has 2 aliphatic heterocycles.